The van der Waals surface area contributed by atoms with E-state index in [9.17, 15) is 9.90 Å². The Morgan fingerprint density at radius 2 is 2.00 bits per heavy atom. The Labute approximate surface area is 165 Å². The summed E-state index contributed by atoms with van der Waals surface area (Å²) in [5.41, 5.74) is 8.61. The molecule has 1 unspecified atom stereocenters. The predicted molar refractivity (Wildman–Crippen MR) is 100 cm³/mol. The minimum absolute atomic E-state index is 0.0794. The molecule has 0 bridgehead atoms. The van der Waals surface area contributed by atoms with Gasteiger partial charge < -0.3 is 0 Å². The summed E-state index contributed by atoms with van der Waals surface area (Å²) in [6, 6.07) is 7.70. The number of halogens is 1. The first-order valence-corrected chi connectivity index (χ1v) is 12.2. The number of hydrogen-bond acceptors (Lipinski definition) is 4. The molecule has 4 nitrogen and oxygen atoms in total. The standard InChI is InChI=1S/C21H27INO3/c1-2-12-22-19(14-8-7-9-15(23)13-14)18-20(24)16-10-5-3-4-6-11-17(16)26-21(18)25/h7-9,13,19,24H,2-6,10-12,23H2,1H3/q-1. The second-order valence-electron chi connectivity index (χ2n) is 6.84. The van der Waals surface area contributed by atoms with E-state index >= 15 is 0 Å². The van der Waals surface area contributed by atoms with Crippen LogP contribution in [0.1, 0.15) is 65.4 Å². The maximum atomic E-state index is 12.8. The number of aryl methyl sites for hydroxylation is 1. The molecule has 0 fully saturated rings. The molecule has 0 saturated carbocycles. The Hall–Kier alpha value is -1.50. The SMILES string of the molecule is CCC[I-]C(c1cccc(N)c1)c1c(O)c2c(oc1=O)CCCCCC2. The van der Waals surface area contributed by atoms with Crippen LogP contribution in [0.25, 0.3) is 0 Å². The van der Waals surface area contributed by atoms with Gasteiger partial charge in [0.2, 0.25) is 0 Å². The van der Waals surface area contributed by atoms with Crippen molar-refractivity contribution in [3.63, 3.8) is 0 Å². The molecule has 142 valence electrons. The van der Waals surface area contributed by atoms with Gasteiger partial charge in [-0.05, 0) is 0 Å². The number of alkyl halides is 2. The zero-order valence-corrected chi connectivity index (χ0v) is 17.4. The van der Waals surface area contributed by atoms with Crippen LogP contribution in [0.15, 0.2) is 33.5 Å². The van der Waals surface area contributed by atoms with E-state index in [1.807, 2.05) is 24.3 Å². The molecular formula is C21H27INO3-. The Balaban J connectivity index is 2.11. The monoisotopic (exact) mass is 468 g/mol. The fourth-order valence-corrected chi connectivity index (χ4v) is 6.64. The van der Waals surface area contributed by atoms with Crippen LogP contribution in [-0.2, 0) is 12.8 Å². The van der Waals surface area contributed by atoms with Crippen LogP contribution in [0, 0.1) is 0 Å². The first kappa shape index (κ1) is 19.3. The topological polar surface area (TPSA) is 76.5 Å². The van der Waals surface area contributed by atoms with Crippen molar-refractivity contribution in [2.75, 3.05) is 10.2 Å². The Morgan fingerprint density at radius 1 is 1.23 bits per heavy atom. The van der Waals surface area contributed by atoms with Crippen molar-refractivity contribution in [2.45, 2.75) is 55.8 Å². The summed E-state index contributed by atoms with van der Waals surface area (Å²) in [7, 11) is 0. The average Bonchev–Trinajstić information content (AvgIpc) is 2.59. The molecule has 0 saturated heterocycles. The summed E-state index contributed by atoms with van der Waals surface area (Å²) >= 11 is -0.347. The molecule has 1 aliphatic rings. The van der Waals surface area contributed by atoms with Gasteiger partial charge in [0.05, 0.1) is 0 Å². The summed E-state index contributed by atoms with van der Waals surface area (Å²) < 4.78 is 6.73. The number of aromatic hydroxyl groups is 1. The number of anilines is 1. The van der Waals surface area contributed by atoms with Gasteiger partial charge in [-0.1, -0.05) is 0 Å². The van der Waals surface area contributed by atoms with E-state index < -0.39 is 0 Å². The van der Waals surface area contributed by atoms with Gasteiger partial charge in [0.25, 0.3) is 0 Å². The Bertz CT molecular complexity index is 815. The molecule has 2 aromatic rings. The van der Waals surface area contributed by atoms with Gasteiger partial charge in [-0.2, -0.15) is 0 Å². The Kier molecular flexibility index (Phi) is 6.62. The normalized spacial score (nSPS) is 15.9. The summed E-state index contributed by atoms with van der Waals surface area (Å²) in [5.74, 6) is 0.873. The van der Waals surface area contributed by atoms with Gasteiger partial charge in [0.1, 0.15) is 0 Å². The molecule has 0 spiro atoms. The van der Waals surface area contributed by atoms with Crippen LogP contribution >= 0.6 is 0 Å². The minimum atomic E-state index is -0.370. The molecule has 1 atom stereocenters. The molecule has 1 aromatic carbocycles. The molecule has 1 heterocycles. The van der Waals surface area contributed by atoms with E-state index in [0.29, 0.717) is 17.0 Å². The fourth-order valence-electron chi connectivity index (χ4n) is 3.51. The average molecular weight is 468 g/mol. The number of fused-ring (bicyclic) bond motifs is 1. The van der Waals surface area contributed by atoms with E-state index in [-0.39, 0.29) is 36.5 Å². The van der Waals surface area contributed by atoms with Crippen LogP contribution in [-0.4, -0.2) is 9.53 Å². The first-order valence-electron chi connectivity index (χ1n) is 9.42. The Morgan fingerprint density at radius 3 is 2.73 bits per heavy atom. The van der Waals surface area contributed by atoms with E-state index in [4.69, 9.17) is 10.2 Å². The first-order chi connectivity index (χ1) is 12.6. The summed E-state index contributed by atoms with van der Waals surface area (Å²) in [6.45, 7) is 2.15. The molecule has 0 amide bonds. The van der Waals surface area contributed by atoms with E-state index in [1.54, 1.807) is 0 Å². The molecule has 0 aliphatic heterocycles. The second kappa shape index (κ2) is 8.93. The second-order valence-corrected chi connectivity index (χ2v) is 10.0. The number of hydrogen-bond donors (Lipinski definition) is 2. The van der Waals surface area contributed by atoms with Crippen molar-refractivity contribution in [1.82, 2.24) is 0 Å². The predicted octanol–water partition coefficient (Wildman–Crippen LogP) is 1.18. The van der Waals surface area contributed by atoms with Crippen LogP contribution in [0.5, 0.6) is 5.75 Å². The quantitative estimate of drug-likeness (QED) is 0.393. The van der Waals surface area contributed by atoms with Crippen LogP contribution < -0.4 is 32.6 Å². The van der Waals surface area contributed by atoms with Crippen molar-refractivity contribution >= 4 is 5.69 Å². The molecule has 1 aromatic heterocycles. The van der Waals surface area contributed by atoms with E-state index in [0.717, 1.165) is 60.5 Å². The summed E-state index contributed by atoms with van der Waals surface area (Å²) in [6.07, 6.45) is 6.95. The van der Waals surface area contributed by atoms with E-state index in [2.05, 4.69) is 6.92 Å². The van der Waals surface area contributed by atoms with Crippen molar-refractivity contribution in [1.29, 1.82) is 0 Å². The maximum absolute atomic E-state index is 12.8. The van der Waals surface area contributed by atoms with E-state index in [1.165, 1.54) is 0 Å². The van der Waals surface area contributed by atoms with Crippen LogP contribution in [0.3, 0.4) is 0 Å². The molecule has 0 radical (unpaired) electrons. The number of nitrogen functional groups attached to an aromatic ring is 1. The third-order valence-corrected chi connectivity index (χ3v) is 8.73. The number of nitrogens with two attached hydrogens (primary N) is 1. The fraction of sp³-hybridized carbons (Fsp3) is 0.476. The van der Waals surface area contributed by atoms with Crippen LogP contribution in [0.4, 0.5) is 5.69 Å². The molecule has 1 aliphatic carbocycles. The van der Waals surface area contributed by atoms with Crippen molar-refractivity contribution < 1.29 is 30.7 Å². The van der Waals surface area contributed by atoms with Gasteiger partial charge >= 0.3 is 165 Å². The third kappa shape index (κ3) is 4.24. The van der Waals surface area contributed by atoms with Gasteiger partial charge in [-0.15, -0.1) is 0 Å². The molecular weight excluding hydrogens is 441 g/mol. The number of benzene rings is 1. The molecule has 5 heteroatoms. The third-order valence-electron chi connectivity index (χ3n) is 4.80. The molecule has 3 N–H and O–H groups in total. The van der Waals surface area contributed by atoms with Crippen molar-refractivity contribution in [3.8, 4) is 5.75 Å². The molecule has 26 heavy (non-hydrogen) atoms. The van der Waals surface area contributed by atoms with Crippen LogP contribution in [0.2, 0.25) is 0 Å². The zero-order chi connectivity index (χ0) is 18.5. The van der Waals surface area contributed by atoms with Gasteiger partial charge in [-0.25, -0.2) is 0 Å². The number of rotatable bonds is 5. The summed E-state index contributed by atoms with van der Waals surface area (Å²) in [4.78, 5) is 12.8. The van der Waals surface area contributed by atoms with Gasteiger partial charge in [-0.3, -0.25) is 0 Å². The van der Waals surface area contributed by atoms with Gasteiger partial charge in [0.15, 0.2) is 0 Å². The summed E-state index contributed by atoms with van der Waals surface area (Å²) in [5, 5.41) is 11.1. The van der Waals surface area contributed by atoms with Crippen molar-refractivity contribution in [2.24, 2.45) is 0 Å². The van der Waals surface area contributed by atoms with Gasteiger partial charge in [0, 0.05) is 0 Å². The molecule has 3 rings (SSSR count). The zero-order valence-electron chi connectivity index (χ0n) is 15.3. The van der Waals surface area contributed by atoms with Crippen molar-refractivity contribution in [3.05, 3.63) is 57.1 Å².